The summed E-state index contributed by atoms with van der Waals surface area (Å²) in [5.74, 6) is 0.700. The molecule has 0 radical (unpaired) electrons. The number of hydrogen-bond donors (Lipinski definition) is 0. The molecule has 0 bridgehead atoms. The quantitative estimate of drug-likeness (QED) is 0.729. The summed E-state index contributed by atoms with van der Waals surface area (Å²) < 4.78 is 1.74. The van der Waals surface area contributed by atoms with Crippen molar-refractivity contribution in [3.63, 3.8) is 0 Å². The van der Waals surface area contributed by atoms with Crippen LogP contribution < -0.4 is 0 Å². The maximum atomic E-state index is 4.46. The number of aromatic nitrogens is 4. The van der Waals surface area contributed by atoms with Crippen molar-refractivity contribution < 1.29 is 0 Å². The van der Waals surface area contributed by atoms with E-state index < -0.39 is 0 Å². The van der Waals surface area contributed by atoms with Crippen LogP contribution in [-0.2, 0) is 0 Å². The lowest BCUT2D eigenvalue weighted by Crippen LogP contribution is -2.01. The summed E-state index contributed by atoms with van der Waals surface area (Å²) in [5.41, 5.74) is 2.03. The third-order valence-electron chi connectivity index (χ3n) is 3.15. The van der Waals surface area contributed by atoms with E-state index in [0.717, 1.165) is 21.2 Å². The van der Waals surface area contributed by atoms with Crippen molar-refractivity contribution in [2.75, 3.05) is 0 Å². The van der Waals surface area contributed by atoms with Crippen LogP contribution >= 0.6 is 11.8 Å². The molecule has 0 unspecified atom stereocenters. The van der Waals surface area contributed by atoms with Gasteiger partial charge in [-0.1, -0.05) is 30.3 Å². The molecule has 0 N–H and O–H groups in total. The number of allylic oxidation sites excluding steroid dienone is 1. The van der Waals surface area contributed by atoms with E-state index in [2.05, 4.69) is 38.5 Å². The van der Waals surface area contributed by atoms with Crippen LogP contribution in [0.5, 0.6) is 0 Å². The summed E-state index contributed by atoms with van der Waals surface area (Å²) in [6.45, 7) is 0. The zero-order valence-electron chi connectivity index (χ0n) is 11.5. The maximum Gasteiger partial charge on any atom is 0.217 e. The van der Waals surface area contributed by atoms with E-state index >= 15 is 0 Å². The van der Waals surface area contributed by atoms with Crippen LogP contribution in [0, 0.1) is 0 Å². The van der Waals surface area contributed by atoms with Gasteiger partial charge in [-0.25, -0.2) is 0 Å². The molecule has 0 amide bonds. The van der Waals surface area contributed by atoms with E-state index in [1.165, 1.54) is 0 Å². The number of rotatable bonds is 2. The zero-order chi connectivity index (χ0) is 14.8. The Morgan fingerprint density at radius 1 is 1.00 bits per heavy atom. The SMILES string of the molecule is C1=Nn2c(nnc2-c2cccnc2)S/C1=C/c1ccccc1. The Labute approximate surface area is 131 Å². The second kappa shape index (κ2) is 5.57. The number of hydrogen-bond acceptors (Lipinski definition) is 5. The predicted octanol–water partition coefficient (Wildman–Crippen LogP) is 3.32. The Bertz CT molecular complexity index is 853. The highest BCUT2D eigenvalue weighted by Gasteiger charge is 2.18. The van der Waals surface area contributed by atoms with Gasteiger partial charge in [0, 0.05) is 22.9 Å². The Balaban J connectivity index is 1.68. The molecule has 6 heteroatoms. The molecule has 0 aliphatic carbocycles. The van der Waals surface area contributed by atoms with Gasteiger partial charge >= 0.3 is 0 Å². The fourth-order valence-corrected chi connectivity index (χ4v) is 2.94. The van der Waals surface area contributed by atoms with Crippen molar-refractivity contribution in [2.45, 2.75) is 5.16 Å². The molecule has 0 saturated heterocycles. The minimum absolute atomic E-state index is 0.700. The molecule has 2 aromatic heterocycles. The molecular formula is C16H11N5S. The lowest BCUT2D eigenvalue weighted by Gasteiger charge is -2.09. The van der Waals surface area contributed by atoms with E-state index in [4.69, 9.17) is 0 Å². The number of thioether (sulfide) groups is 1. The van der Waals surface area contributed by atoms with Crippen molar-refractivity contribution in [2.24, 2.45) is 5.10 Å². The molecule has 0 atom stereocenters. The summed E-state index contributed by atoms with van der Waals surface area (Å²) in [6, 6.07) is 14.0. The standard InChI is InChI=1S/C16H11N5S/c1-2-5-12(6-3-1)9-14-11-18-21-15(19-20-16(21)22-14)13-7-4-8-17-10-13/h1-11H/b14-9+. The smallest absolute Gasteiger partial charge is 0.217 e. The lowest BCUT2D eigenvalue weighted by molar-refractivity contribution is 0.770. The van der Waals surface area contributed by atoms with Gasteiger partial charge in [-0.05, 0) is 35.5 Å². The van der Waals surface area contributed by atoms with E-state index in [1.54, 1.807) is 28.8 Å². The fourth-order valence-electron chi connectivity index (χ4n) is 2.13. The molecular weight excluding hydrogens is 294 g/mol. The monoisotopic (exact) mass is 305 g/mol. The van der Waals surface area contributed by atoms with Crippen LogP contribution in [0.1, 0.15) is 5.56 Å². The molecule has 4 rings (SSSR count). The molecule has 0 saturated carbocycles. The first-order valence-corrected chi connectivity index (χ1v) is 7.56. The third-order valence-corrected chi connectivity index (χ3v) is 4.05. The highest BCUT2D eigenvalue weighted by Crippen LogP contribution is 2.31. The molecule has 1 aliphatic heterocycles. The zero-order valence-corrected chi connectivity index (χ0v) is 12.3. The Morgan fingerprint density at radius 2 is 1.91 bits per heavy atom. The summed E-state index contributed by atoms with van der Waals surface area (Å²) in [4.78, 5) is 5.14. The molecule has 106 valence electrons. The average Bonchev–Trinajstić information content (AvgIpc) is 3.00. The number of benzene rings is 1. The van der Waals surface area contributed by atoms with Gasteiger partial charge in [-0.15, -0.1) is 10.2 Å². The molecule has 5 nitrogen and oxygen atoms in total. The molecule has 3 aromatic rings. The fraction of sp³-hybridized carbons (Fsp3) is 0. The minimum atomic E-state index is 0.700. The van der Waals surface area contributed by atoms with Crippen LogP contribution in [0.3, 0.4) is 0 Å². The topological polar surface area (TPSA) is 56.0 Å². The van der Waals surface area contributed by atoms with Gasteiger partial charge in [-0.3, -0.25) is 4.98 Å². The average molecular weight is 305 g/mol. The largest absolute Gasteiger partial charge is 0.264 e. The lowest BCUT2D eigenvalue weighted by atomic mass is 10.2. The number of fused-ring (bicyclic) bond motifs is 1. The number of nitrogens with zero attached hydrogens (tertiary/aromatic N) is 5. The summed E-state index contributed by atoms with van der Waals surface area (Å²) in [5, 5.41) is 13.6. The van der Waals surface area contributed by atoms with Gasteiger partial charge in [0.05, 0.1) is 6.21 Å². The third kappa shape index (κ3) is 2.44. The molecule has 3 heterocycles. The molecule has 0 fully saturated rings. The van der Waals surface area contributed by atoms with Gasteiger partial charge in [0.15, 0.2) is 5.82 Å². The molecule has 0 spiro atoms. The van der Waals surface area contributed by atoms with Crippen LogP contribution in [-0.4, -0.2) is 26.1 Å². The second-order valence-corrected chi connectivity index (χ2v) is 5.70. The highest BCUT2D eigenvalue weighted by molar-refractivity contribution is 8.04. The first kappa shape index (κ1) is 13.0. The van der Waals surface area contributed by atoms with Crippen molar-refractivity contribution >= 4 is 24.1 Å². The molecule has 22 heavy (non-hydrogen) atoms. The van der Waals surface area contributed by atoms with Gasteiger partial charge in [-0.2, -0.15) is 9.78 Å². The molecule has 1 aromatic carbocycles. The van der Waals surface area contributed by atoms with E-state index in [-0.39, 0.29) is 0 Å². The van der Waals surface area contributed by atoms with Crippen LogP contribution in [0.4, 0.5) is 0 Å². The normalized spacial score (nSPS) is 15.0. The van der Waals surface area contributed by atoms with Gasteiger partial charge in [0.25, 0.3) is 0 Å². The summed E-state index contributed by atoms with van der Waals surface area (Å²) >= 11 is 1.55. The first-order chi connectivity index (χ1) is 10.9. The van der Waals surface area contributed by atoms with E-state index in [0.29, 0.717) is 5.82 Å². The van der Waals surface area contributed by atoms with E-state index in [1.807, 2.05) is 36.5 Å². The van der Waals surface area contributed by atoms with E-state index in [9.17, 15) is 0 Å². The van der Waals surface area contributed by atoms with Gasteiger partial charge in [0.2, 0.25) is 5.16 Å². The second-order valence-electron chi connectivity index (χ2n) is 4.66. The number of pyridine rings is 1. The van der Waals surface area contributed by atoms with Crippen molar-refractivity contribution in [1.82, 2.24) is 19.9 Å². The van der Waals surface area contributed by atoms with Crippen LogP contribution in [0.2, 0.25) is 0 Å². The maximum absolute atomic E-state index is 4.46. The molecule has 1 aliphatic rings. The first-order valence-electron chi connectivity index (χ1n) is 6.75. The Morgan fingerprint density at radius 3 is 2.73 bits per heavy atom. The predicted molar refractivity (Wildman–Crippen MR) is 87.4 cm³/mol. The summed E-state index contributed by atoms with van der Waals surface area (Å²) in [6.07, 6.45) is 7.40. The van der Waals surface area contributed by atoms with Crippen molar-refractivity contribution in [1.29, 1.82) is 0 Å². The van der Waals surface area contributed by atoms with Gasteiger partial charge in [0.1, 0.15) is 0 Å². The van der Waals surface area contributed by atoms with Crippen LogP contribution in [0.15, 0.2) is 70.0 Å². The minimum Gasteiger partial charge on any atom is -0.264 e. The Hall–Kier alpha value is -2.73. The van der Waals surface area contributed by atoms with Crippen LogP contribution in [0.25, 0.3) is 17.5 Å². The van der Waals surface area contributed by atoms with Crippen molar-refractivity contribution in [3.05, 3.63) is 65.3 Å². The van der Waals surface area contributed by atoms with Gasteiger partial charge < -0.3 is 0 Å². The van der Waals surface area contributed by atoms with Crippen molar-refractivity contribution in [3.8, 4) is 11.4 Å². The summed E-state index contributed by atoms with van der Waals surface area (Å²) in [7, 11) is 0. The Kier molecular flexibility index (Phi) is 3.29. The highest BCUT2D eigenvalue weighted by atomic mass is 32.2.